The maximum absolute atomic E-state index is 14.1. The molecule has 0 aliphatic carbocycles. The molecule has 0 fully saturated rings. The van der Waals surface area contributed by atoms with E-state index < -0.39 is 23.0 Å². The monoisotopic (exact) mass is 429 g/mol. The summed E-state index contributed by atoms with van der Waals surface area (Å²) in [5.41, 5.74) is 0.0519. The Kier molecular flexibility index (Phi) is 4.87. The molecule has 154 valence electrons. The van der Waals surface area contributed by atoms with Crippen LogP contribution in [0.5, 0.6) is 11.6 Å². The van der Waals surface area contributed by atoms with Crippen LogP contribution >= 0.6 is 11.3 Å². The predicted molar refractivity (Wildman–Crippen MR) is 110 cm³/mol. The summed E-state index contributed by atoms with van der Waals surface area (Å²) in [6.07, 6.45) is 4.67. The molecule has 0 aliphatic heterocycles. The van der Waals surface area contributed by atoms with Gasteiger partial charge in [-0.3, -0.25) is 9.78 Å². The van der Waals surface area contributed by atoms with Gasteiger partial charge in [0.1, 0.15) is 0 Å². The number of aromatic nitrogens is 3. The van der Waals surface area contributed by atoms with Gasteiger partial charge in [-0.25, -0.2) is 13.8 Å². The summed E-state index contributed by atoms with van der Waals surface area (Å²) < 4.78 is 35.9. The van der Waals surface area contributed by atoms with E-state index in [1.807, 2.05) is 0 Å². The van der Waals surface area contributed by atoms with Crippen LogP contribution in [0.25, 0.3) is 21.2 Å². The quantitative estimate of drug-likeness (QED) is 0.522. The number of halogens is 2. The first-order valence-corrected chi connectivity index (χ1v) is 9.81. The Labute approximate surface area is 174 Å². The van der Waals surface area contributed by atoms with Crippen LogP contribution in [0.15, 0.2) is 47.1 Å². The van der Waals surface area contributed by atoms with E-state index in [2.05, 4.69) is 9.97 Å². The molecular formula is C21H17F2N3O3S. The van der Waals surface area contributed by atoms with E-state index in [4.69, 9.17) is 4.74 Å². The molecule has 1 N–H and O–H groups in total. The standard InChI is InChI=1S/C21H17F2N3O3S/c1-21(2,28)11-6-13(14-10-26(3)20(27)12-4-5-30-18(12)14)19(25-7-11)29-17-15(22)8-24-9-16(17)23/h4-10,28H,1-3H3. The second kappa shape index (κ2) is 7.26. The van der Waals surface area contributed by atoms with Crippen molar-refractivity contribution in [3.05, 3.63) is 69.9 Å². The summed E-state index contributed by atoms with van der Waals surface area (Å²) in [5.74, 6) is -2.66. The van der Waals surface area contributed by atoms with Crippen molar-refractivity contribution in [2.24, 2.45) is 7.05 Å². The van der Waals surface area contributed by atoms with Crippen molar-refractivity contribution in [2.75, 3.05) is 0 Å². The average molecular weight is 429 g/mol. The van der Waals surface area contributed by atoms with Gasteiger partial charge in [-0.05, 0) is 31.4 Å². The molecule has 0 unspecified atom stereocenters. The lowest BCUT2D eigenvalue weighted by atomic mass is 9.96. The summed E-state index contributed by atoms with van der Waals surface area (Å²) in [4.78, 5) is 20.1. The van der Waals surface area contributed by atoms with E-state index >= 15 is 0 Å². The first-order valence-electron chi connectivity index (χ1n) is 8.94. The molecule has 4 aromatic rings. The molecule has 0 bridgehead atoms. The van der Waals surface area contributed by atoms with E-state index in [0.29, 0.717) is 26.8 Å². The number of fused-ring (bicyclic) bond motifs is 1. The van der Waals surface area contributed by atoms with Crippen molar-refractivity contribution in [1.82, 2.24) is 14.5 Å². The molecular weight excluding hydrogens is 412 g/mol. The number of thiophene rings is 1. The molecule has 0 saturated carbocycles. The van der Waals surface area contributed by atoms with Crippen LogP contribution in [-0.4, -0.2) is 19.6 Å². The third-order valence-corrected chi connectivity index (χ3v) is 5.59. The Morgan fingerprint density at radius 2 is 1.87 bits per heavy atom. The molecule has 0 amide bonds. The van der Waals surface area contributed by atoms with Gasteiger partial charge in [0.15, 0.2) is 11.6 Å². The van der Waals surface area contributed by atoms with Gasteiger partial charge in [-0.15, -0.1) is 11.3 Å². The number of ether oxygens (including phenoxy) is 1. The molecule has 0 saturated heterocycles. The number of aryl methyl sites for hydroxylation is 1. The zero-order chi connectivity index (χ0) is 21.6. The molecule has 4 rings (SSSR count). The van der Waals surface area contributed by atoms with Gasteiger partial charge in [-0.1, -0.05) is 0 Å². The van der Waals surface area contributed by atoms with Crippen molar-refractivity contribution < 1.29 is 18.6 Å². The first-order chi connectivity index (χ1) is 14.2. The fraction of sp³-hybridized carbons (Fsp3) is 0.190. The van der Waals surface area contributed by atoms with Crippen LogP contribution in [0.3, 0.4) is 0 Å². The average Bonchev–Trinajstić information content (AvgIpc) is 3.17. The maximum Gasteiger partial charge on any atom is 0.259 e. The van der Waals surface area contributed by atoms with Gasteiger partial charge in [0.05, 0.1) is 23.4 Å². The molecule has 0 atom stereocenters. The Hall–Kier alpha value is -3.17. The van der Waals surface area contributed by atoms with Crippen molar-refractivity contribution in [3.63, 3.8) is 0 Å². The zero-order valence-corrected chi connectivity index (χ0v) is 17.1. The molecule has 4 heterocycles. The van der Waals surface area contributed by atoms with E-state index in [-0.39, 0.29) is 11.4 Å². The smallest absolute Gasteiger partial charge is 0.259 e. The van der Waals surface area contributed by atoms with E-state index in [9.17, 15) is 18.7 Å². The van der Waals surface area contributed by atoms with Gasteiger partial charge in [0.25, 0.3) is 5.56 Å². The maximum atomic E-state index is 14.1. The van der Waals surface area contributed by atoms with Crippen molar-refractivity contribution in [3.8, 4) is 22.8 Å². The zero-order valence-electron chi connectivity index (χ0n) is 16.3. The third-order valence-electron chi connectivity index (χ3n) is 4.64. The highest BCUT2D eigenvalue weighted by molar-refractivity contribution is 7.17. The highest BCUT2D eigenvalue weighted by Gasteiger charge is 2.23. The van der Waals surface area contributed by atoms with E-state index in [0.717, 1.165) is 12.4 Å². The summed E-state index contributed by atoms with van der Waals surface area (Å²) in [6, 6.07) is 3.35. The minimum Gasteiger partial charge on any atom is -0.432 e. The van der Waals surface area contributed by atoms with Crippen LogP contribution < -0.4 is 10.3 Å². The largest absolute Gasteiger partial charge is 0.432 e. The fourth-order valence-electron chi connectivity index (χ4n) is 3.03. The Balaban J connectivity index is 1.99. The SMILES string of the molecule is Cn1cc(-c2cc(C(C)(C)O)cnc2Oc2c(F)cncc2F)c2sccc2c1=O. The van der Waals surface area contributed by atoms with Gasteiger partial charge in [0.2, 0.25) is 11.6 Å². The van der Waals surface area contributed by atoms with Crippen molar-refractivity contribution >= 4 is 21.4 Å². The second-order valence-electron chi connectivity index (χ2n) is 7.29. The summed E-state index contributed by atoms with van der Waals surface area (Å²) >= 11 is 1.35. The minimum absolute atomic E-state index is 0.0691. The lowest BCUT2D eigenvalue weighted by Crippen LogP contribution is -2.17. The molecule has 6 nitrogen and oxygen atoms in total. The van der Waals surface area contributed by atoms with E-state index in [1.165, 1.54) is 22.1 Å². The fourth-order valence-corrected chi connectivity index (χ4v) is 3.95. The van der Waals surface area contributed by atoms with Gasteiger partial charge < -0.3 is 14.4 Å². The first kappa shape index (κ1) is 20.1. The van der Waals surface area contributed by atoms with Gasteiger partial charge in [0, 0.05) is 40.8 Å². The Morgan fingerprint density at radius 3 is 2.53 bits per heavy atom. The Morgan fingerprint density at radius 1 is 1.17 bits per heavy atom. The highest BCUT2D eigenvalue weighted by Crippen LogP contribution is 2.39. The van der Waals surface area contributed by atoms with Crippen molar-refractivity contribution in [1.29, 1.82) is 0 Å². The molecule has 0 spiro atoms. The molecule has 0 radical (unpaired) electrons. The van der Waals surface area contributed by atoms with Crippen LogP contribution in [0.4, 0.5) is 8.78 Å². The lowest BCUT2D eigenvalue weighted by molar-refractivity contribution is 0.0782. The lowest BCUT2D eigenvalue weighted by Gasteiger charge is -2.20. The number of hydrogen-bond donors (Lipinski definition) is 1. The predicted octanol–water partition coefficient (Wildman–Crippen LogP) is 4.35. The van der Waals surface area contributed by atoms with Crippen LogP contribution in [0.2, 0.25) is 0 Å². The third kappa shape index (κ3) is 3.46. The van der Waals surface area contributed by atoms with Crippen LogP contribution in [-0.2, 0) is 12.6 Å². The molecule has 0 aliphatic rings. The molecule has 0 aromatic carbocycles. The second-order valence-corrected chi connectivity index (χ2v) is 8.21. The topological polar surface area (TPSA) is 77.2 Å². The van der Waals surface area contributed by atoms with Crippen LogP contribution in [0, 0.1) is 11.6 Å². The van der Waals surface area contributed by atoms with Gasteiger partial charge >= 0.3 is 0 Å². The summed E-state index contributed by atoms with van der Waals surface area (Å²) in [6.45, 7) is 3.19. The molecule has 30 heavy (non-hydrogen) atoms. The van der Waals surface area contributed by atoms with Crippen molar-refractivity contribution in [2.45, 2.75) is 19.4 Å². The summed E-state index contributed by atoms with van der Waals surface area (Å²) in [7, 11) is 1.61. The number of aliphatic hydroxyl groups is 1. The number of nitrogens with zero attached hydrogens (tertiary/aromatic N) is 3. The number of hydrogen-bond acceptors (Lipinski definition) is 6. The number of pyridine rings is 3. The molecule has 4 aromatic heterocycles. The molecule has 9 heteroatoms. The normalized spacial score (nSPS) is 11.8. The highest BCUT2D eigenvalue weighted by atomic mass is 32.1. The number of rotatable bonds is 4. The minimum atomic E-state index is -1.22. The Bertz CT molecular complexity index is 1310. The summed E-state index contributed by atoms with van der Waals surface area (Å²) in [5, 5.41) is 12.7. The van der Waals surface area contributed by atoms with Gasteiger partial charge in [-0.2, -0.15) is 0 Å². The van der Waals surface area contributed by atoms with E-state index in [1.54, 1.807) is 44.6 Å². The van der Waals surface area contributed by atoms with Crippen LogP contribution in [0.1, 0.15) is 19.4 Å².